The van der Waals surface area contributed by atoms with E-state index in [4.69, 9.17) is 14.4 Å². The van der Waals surface area contributed by atoms with Crippen molar-refractivity contribution < 1.29 is 4.42 Å². The molecule has 0 radical (unpaired) electrons. The quantitative estimate of drug-likeness (QED) is 0.185. The molecule has 47 heavy (non-hydrogen) atoms. The van der Waals surface area contributed by atoms with Gasteiger partial charge in [0, 0.05) is 49.2 Å². The van der Waals surface area contributed by atoms with Gasteiger partial charge in [-0.05, 0) is 41.1 Å². The molecule has 0 N–H and O–H groups in total. The van der Waals surface area contributed by atoms with Gasteiger partial charge >= 0.3 is 0 Å². The van der Waals surface area contributed by atoms with E-state index in [0.29, 0.717) is 0 Å². The minimum absolute atomic E-state index is 0.784. The van der Waals surface area contributed by atoms with Gasteiger partial charge in [-0.15, -0.1) is 0 Å². The Labute approximate surface area is 272 Å². The van der Waals surface area contributed by atoms with Gasteiger partial charge in [0.25, 0.3) is 0 Å². The molecule has 3 aromatic heterocycles. The zero-order chi connectivity index (χ0) is 31.3. The Morgan fingerprint density at radius 2 is 1.28 bits per heavy atom. The van der Waals surface area contributed by atoms with Crippen LogP contribution in [0.3, 0.4) is 0 Å². The van der Waals surface area contributed by atoms with E-state index in [-0.39, 0.29) is 0 Å². The highest BCUT2D eigenvalue weighted by Crippen LogP contribution is 2.41. The molecule has 0 bridgehead atoms. The molecule has 0 saturated carbocycles. The van der Waals surface area contributed by atoms with Crippen LogP contribution in [-0.2, 0) is 0 Å². The Morgan fingerprint density at radius 1 is 0.574 bits per heavy atom. The van der Waals surface area contributed by atoms with Crippen LogP contribution in [0.15, 0.2) is 144 Å². The first kappa shape index (κ1) is 26.4. The van der Waals surface area contributed by atoms with Crippen molar-refractivity contribution in [1.29, 1.82) is 0 Å². The second-order valence-corrected chi connectivity index (χ2v) is 17.3. The number of fused-ring (bicyclic) bond motifs is 10. The molecule has 4 nitrogen and oxygen atoms in total. The third kappa shape index (κ3) is 3.69. The van der Waals surface area contributed by atoms with Crippen LogP contribution in [0.5, 0.6) is 0 Å². The van der Waals surface area contributed by atoms with Crippen LogP contribution in [0.4, 0.5) is 0 Å². The van der Waals surface area contributed by atoms with Crippen molar-refractivity contribution >= 4 is 62.3 Å². The SMILES string of the molecule is C[Si]1(C)c2ccccc2-c2c(-c3ccc(-n4c5ccccc5c5ccc6c7ccccc7oc6c54)cc3)nc(-c3ccccc3)nc21. The maximum atomic E-state index is 6.57. The summed E-state index contributed by atoms with van der Waals surface area (Å²) in [6.07, 6.45) is 0. The third-order valence-corrected chi connectivity index (χ3v) is 13.3. The lowest BCUT2D eigenvalue weighted by Gasteiger charge is -2.19. The molecule has 0 aliphatic carbocycles. The highest BCUT2D eigenvalue weighted by Gasteiger charge is 2.41. The fourth-order valence-corrected chi connectivity index (χ4v) is 10.6. The third-order valence-electron chi connectivity index (χ3n) is 9.98. The average molecular weight is 620 g/mol. The van der Waals surface area contributed by atoms with Crippen molar-refractivity contribution in [3.8, 4) is 39.5 Å². The minimum atomic E-state index is -2.03. The fourth-order valence-electron chi connectivity index (χ4n) is 7.73. The van der Waals surface area contributed by atoms with Gasteiger partial charge < -0.3 is 8.98 Å². The summed E-state index contributed by atoms with van der Waals surface area (Å²) >= 11 is 0. The van der Waals surface area contributed by atoms with Gasteiger partial charge in [0.2, 0.25) is 0 Å². The van der Waals surface area contributed by atoms with E-state index in [0.717, 1.165) is 61.3 Å². The summed E-state index contributed by atoms with van der Waals surface area (Å²) in [6, 6.07) is 49.5. The van der Waals surface area contributed by atoms with Crippen molar-refractivity contribution in [1.82, 2.24) is 14.5 Å². The first-order chi connectivity index (χ1) is 23.1. The van der Waals surface area contributed by atoms with Crippen LogP contribution >= 0.6 is 0 Å². The fraction of sp³-hybridized carbons (Fsp3) is 0.0476. The second-order valence-electron chi connectivity index (χ2n) is 13.0. The Bertz CT molecular complexity index is 2700. The molecule has 1 aliphatic heterocycles. The molecule has 1 aliphatic rings. The Balaban J connectivity index is 1.21. The van der Waals surface area contributed by atoms with Gasteiger partial charge in [0.1, 0.15) is 13.7 Å². The number of nitrogens with zero attached hydrogens (tertiary/aromatic N) is 3. The minimum Gasteiger partial charge on any atom is -0.454 e. The van der Waals surface area contributed by atoms with Crippen LogP contribution in [0.2, 0.25) is 13.1 Å². The highest BCUT2D eigenvalue weighted by molar-refractivity contribution is 7.03. The maximum Gasteiger partial charge on any atom is 0.160 e. The summed E-state index contributed by atoms with van der Waals surface area (Å²) in [5.74, 6) is 0.784. The number of furan rings is 1. The van der Waals surface area contributed by atoms with Crippen molar-refractivity contribution in [3.05, 3.63) is 140 Å². The first-order valence-electron chi connectivity index (χ1n) is 16.1. The number of aromatic nitrogens is 3. The molecule has 222 valence electrons. The summed E-state index contributed by atoms with van der Waals surface area (Å²) < 4.78 is 8.93. The Hall–Kier alpha value is -5.78. The normalized spacial score (nSPS) is 13.5. The number of benzene rings is 6. The molecule has 10 rings (SSSR count). The predicted octanol–water partition coefficient (Wildman–Crippen LogP) is 9.61. The van der Waals surface area contributed by atoms with E-state index < -0.39 is 8.07 Å². The van der Waals surface area contributed by atoms with Gasteiger partial charge in [0.05, 0.1) is 16.7 Å². The van der Waals surface area contributed by atoms with Crippen molar-refractivity contribution in [2.24, 2.45) is 0 Å². The lowest BCUT2D eigenvalue weighted by Crippen LogP contribution is -2.50. The van der Waals surface area contributed by atoms with E-state index in [2.05, 4.69) is 145 Å². The van der Waals surface area contributed by atoms with Crippen LogP contribution in [-0.4, -0.2) is 22.6 Å². The Kier molecular flexibility index (Phi) is 5.41. The monoisotopic (exact) mass is 619 g/mol. The molecule has 0 spiro atoms. The van der Waals surface area contributed by atoms with Crippen LogP contribution in [0, 0.1) is 0 Å². The molecule has 9 aromatic rings. The summed E-state index contributed by atoms with van der Waals surface area (Å²) in [5, 5.41) is 7.29. The molecule has 0 fully saturated rings. The van der Waals surface area contributed by atoms with Gasteiger partial charge in [0.15, 0.2) is 11.4 Å². The van der Waals surface area contributed by atoms with Gasteiger partial charge in [-0.3, -0.25) is 0 Å². The summed E-state index contributed by atoms with van der Waals surface area (Å²) in [6.45, 7) is 4.82. The average Bonchev–Trinajstić information content (AvgIpc) is 3.74. The lowest BCUT2D eigenvalue weighted by molar-refractivity contribution is 0.671. The van der Waals surface area contributed by atoms with Crippen LogP contribution in [0.25, 0.3) is 83.2 Å². The topological polar surface area (TPSA) is 43.9 Å². The summed E-state index contributed by atoms with van der Waals surface area (Å²) in [4.78, 5) is 10.6. The van der Waals surface area contributed by atoms with E-state index in [1.165, 1.54) is 32.4 Å². The van der Waals surface area contributed by atoms with Crippen molar-refractivity contribution in [2.45, 2.75) is 13.1 Å². The maximum absolute atomic E-state index is 6.57. The number of hydrogen-bond acceptors (Lipinski definition) is 3. The Morgan fingerprint density at radius 3 is 2.13 bits per heavy atom. The van der Waals surface area contributed by atoms with Crippen molar-refractivity contribution in [2.75, 3.05) is 0 Å². The van der Waals surface area contributed by atoms with E-state index in [9.17, 15) is 0 Å². The number of para-hydroxylation sites is 2. The molecule has 4 heterocycles. The van der Waals surface area contributed by atoms with Crippen molar-refractivity contribution in [3.63, 3.8) is 0 Å². The van der Waals surface area contributed by atoms with Crippen LogP contribution < -0.4 is 10.5 Å². The van der Waals surface area contributed by atoms with Gasteiger partial charge in [-0.25, -0.2) is 9.97 Å². The highest BCUT2D eigenvalue weighted by atomic mass is 28.3. The molecule has 0 atom stereocenters. The smallest absolute Gasteiger partial charge is 0.160 e. The van der Waals surface area contributed by atoms with E-state index in [1.54, 1.807) is 0 Å². The molecule has 0 unspecified atom stereocenters. The summed E-state index contributed by atoms with van der Waals surface area (Å²) in [5.41, 5.74) is 10.7. The zero-order valence-corrected chi connectivity index (χ0v) is 27.0. The largest absolute Gasteiger partial charge is 0.454 e. The second kappa shape index (κ2) is 9.61. The van der Waals surface area contributed by atoms with E-state index >= 15 is 0 Å². The number of hydrogen-bond donors (Lipinski definition) is 0. The molecule has 0 amide bonds. The van der Waals surface area contributed by atoms with Gasteiger partial charge in [-0.1, -0.05) is 122 Å². The molecule has 0 saturated heterocycles. The molecule has 6 aromatic carbocycles. The molecular formula is C42H29N3OSi. The van der Waals surface area contributed by atoms with Gasteiger partial charge in [-0.2, -0.15) is 0 Å². The summed E-state index contributed by atoms with van der Waals surface area (Å²) in [7, 11) is -2.03. The standard InChI is InChI=1S/C42H29N3OSi/c1-47(2)36-19-11-8-16-33(36)37-38(43-41(44-42(37)47)27-12-4-3-5-13-27)26-20-22-28(23-21-26)45-34-17-9-6-14-29(34)31-24-25-32-30-15-7-10-18-35(30)46-40(32)39(31)45/h3-25H,1-2H3. The van der Waals surface area contributed by atoms with E-state index in [1.807, 2.05) is 12.1 Å². The lowest BCUT2D eigenvalue weighted by atomic mass is 10.00. The number of rotatable bonds is 3. The first-order valence-corrected chi connectivity index (χ1v) is 19.1. The zero-order valence-electron chi connectivity index (χ0n) is 26.0. The molecule has 5 heteroatoms. The van der Waals surface area contributed by atoms with Crippen LogP contribution in [0.1, 0.15) is 0 Å². The predicted molar refractivity (Wildman–Crippen MR) is 197 cm³/mol. The molecular weight excluding hydrogens is 591 g/mol.